The summed E-state index contributed by atoms with van der Waals surface area (Å²) in [6, 6.07) is 9.25. The van der Waals surface area contributed by atoms with Gasteiger partial charge in [-0.25, -0.2) is 19.7 Å². The zero-order valence-electron chi connectivity index (χ0n) is 20.0. The maximum absolute atomic E-state index is 13.7. The highest BCUT2D eigenvalue weighted by Gasteiger charge is 2.52. The number of amides is 1. The molecule has 1 unspecified atom stereocenters. The van der Waals surface area contributed by atoms with E-state index in [-0.39, 0.29) is 36.3 Å². The molecule has 2 atom stereocenters. The second-order valence-corrected chi connectivity index (χ2v) is 10.4. The molecule has 1 aliphatic carbocycles. The van der Waals surface area contributed by atoms with Gasteiger partial charge in [-0.2, -0.15) is 0 Å². The van der Waals surface area contributed by atoms with Crippen LogP contribution in [0.15, 0.2) is 43.0 Å². The maximum Gasteiger partial charge on any atom is 0.343 e. The Balaban J connectivity index is 1.30. The van der Waals surface area contributed by atoms with Crippen LogP contribution < -0.4 is 5.32 Å². The highest BCUT2D eigenvalue weighted by molar-refractivity contribution is 5.89. The fourth-order valence-electron chi connectivity index (χ4n) is 6.31. The Morgan fingerprint density at radius 3 is 2.40 bits per heavy atom. The van der Waals surface area contributed by atoms with Crippen LogP contribution in [0.25, 0.3) is 0 Å². The van der Waals surface area contributed by atoms with Crippen LogP contribution in [0.3, 0.4) is 0 Å². The van der Waals surface area contributed by atoms with Gasteiger partial charge in [0.2, 0.25) is 5.95 Å². The Morgan fingerprint density at radius 1 is 1.03 bits per heavy atom. The molecule has 186 valence electrons. The van der Waals surface area contributed by atoms with Crippen LogP contribution in [-0.2, 0) is 19.9 Å². The van der Waals surface area contributed by atoms with Gasteiger partial charge in [-0.05, 0) is 18.4 Å². The molecule has 1 aromatic carbocycles. The van der Waals surface area contributed by atoms with E-state index in [1.54, 1.807) is 0 Å². The van der Waals surface area contributed by atoms with Crippen LogP contribution in [0.4, 0.5) is 5.95 Å². The number of carbonyl (C=O) groups excluding carboxylic acids is 2. The van der Waals surface area contributed by atoms with Gasteiger partial charge in [0, 0.05) is 24.7 Å². The lowest BCUT2D eigenvalue weighted by atomic mass is 9.73. The lowest BCUT2D eigenvalue weighted by molar-refractivity contribution is -0.939. The molecule has 2 aromatic rings. The van der Waals surface area contributed by atoms with Crippen LogP contribution in [0.5, 0.6) is 0 Å². The molecule has 2 bridgehead atoms. The second-order valence-electron chi connectivity index (χ2n) is 10.4. The molecule has 6 rings (SSSR count). The van der Waals surface area contributed by atoms with Crippen molar-refractivity contribution in [3.8, 4) is 0 Å². The number of piperidine rings is 3. The van der Waals surface area contributed by atoms with Crippen molar-refractivity contribution >= 4 is 17.8 Å². The summed E-state index contributed by atoms with van der Waals surface area (Å²) in [5.41, 5.74) is -1.03. The van der Waals surface area contributed by atoms with Gasteiger partial charge in [0.05, 0.1) is 13.1 Å². The molecule has 0 spiro atoms. The molecule has 9 heteroatoms. The minimum absolute atomic E-state index is 0.151. The highest BCUT2D eigenvalue weighted by Crippen LogP contribution is 2.42. The Bertz CT molecular complexity index is 1020. The number of fused-ring (bicyclic) bond motifs is 3. The van der Waals surface area contributed by atoms with E-state index in [4.69, 9.17) is 4.74 Å². The molecule has 3 aliphatic heterocycles. The van der Waals surface area contributed by atoms with Gasteiger partial charge in [-0.1, -0.05) is 49.6 Å². The van der Waals surface area contributed by atoms with Crippen molar-refractivity contribution in [2.75, 3.05) is 31.5 Å². The van der Waals surface area contributed by atoms with Gasteiger partial charge in [0.15, 0.2) is 18.2 Å². The first-order valence-corrected chi connectivity index (χ1v) is 12.7. The van der Waals surface area contributed by atoms with Crippen molar-refractivity contribution in [2.45, 2.75) is 56.7 Å². The van der Waals surface area contributed by atoms with E-state index >= 15 is 0 Å². The summed E-state index contributed by atoms with van der Waals surface area (Å²) in [5.74, 6) is -0.358. The Kier molecular flexibility index (Phi) is 6.80. The molecule has 3 saturated heterocycles. The summed E-state index contributed by atoms with van der Waals surface area (Å²) < 4.78 is 6.72. The number of esters is 1. The van der Waals surface area contributed by atoms with Crippen molar-refractivity contribution in [3.05, 3.63) is 48.5 Å². The maximum atomic E-state index is 13.7. The average Bonchev–Trinajstić information content (AvgIpc) is 2.90. The van der Waals surface area contributed by atoms with Gasteiger partial charge in [-0.3, -0.25) is 10.1 Å². The third kappa shape index (κ3) is 4.92. The molecular formula is C26H34N5O4+. The number of rotatable bonds is 7. The smallest absolute Gasteiger partial charge is 0.343 e. The third-order valence-corrected chi connectivity index (χ3v) is 8.24. The summed E-state index contributed by atoms with van der Waals surface area (Å²) in [7, 11) is 0. The highest BCUT2D eigenvalue weighted by atomic mass is 16.6. The number of nitrogens with one attached hydrogen (secondary N) is 1. The van der Waals surface area contributed by atoms with Gasteiger partial charge in [0.1, 0.15) is 19.2 Å². The van der Waals surface area contributed by atoms with E-state index in [9.17, 15) is 14.7 Å². The number of carbonyl (C=O) groups is 2. The lowest BCUT2D eigenvalue weighted by Crippen LogP contribution is -2.66. The lowest BCUT2D eigenvalue weighted by Gasteiger charge is -2.52. The van der Waals surface area contributed by atoms with E-state index in [0.717, 1.165) is 58.0 Å². The van der Waals surface area contributed by atoms with E-state index in [2.05, 4.69) is 20.3 Å². The predicted octanol–water partition coefficient (Wildman–Crippen LogP) is 2.43. The molecule has 1 aromatic heterocycles. The zero-order valence-corrected chi connectivity index (χ0v) is 20.0. The normalized spacial score (nSPS) is 28.1. The molecule has 4 heterocycles. The van der Waals surface area contributed by atoms with Crippen LogP contribution in [-0.4, -0.2) is 68.7 Å². The topological polar surface area (TPSA) is 114 Å². The molecule has 1 saturated carbocycles. The van der Waals surface area contributed by atoms with E-state index < -0.39 is 11.6 Å². The largest absolute Gasteiger partial charge is 0.454 e. The van der Waals surface area contributed by atoms with Crippen molar-refractivity contribution < 1.29 is 23.9 Å². The average molecular weight is 481 g/mol. The number of anilines is 1. The molecule has 1 amide bonds. The summed E-state index contributed by atoms with van der Waals surface area (Å²) >= 11 is 0. The molecule has 4 aliphatic rings. The van der Waals surface area contributed by atoms with Gasteiger partial charge in [0.25, 0.3) is 5.91 Å². The standard InChI is InChI=1S/C26H33N5O4/c32-23(30-25-28-17-27-18-29-25)16-31-13-11-19(12-14-31)22(15-31)35-24(33)26(34,20-7-3-1-4-8-20)21-9-5-2-6-10-21/h1,3-4,7-8,17-19,21-22,34H,2,5-6,9-16H2/p+1/t19?,22?,26-,31?/m0/s1. The minimum atomic E-state index is -1.64. The number of aliphatic hydroxyl groups is 1. The van der Waals surface area contributed by atoms with Crippen molar-refractivity contribution in [1.82, 2.24) is 15.0 Å². The Morgan fingerprint density at radius 2 is 1.71 bits per heavy atom. The first-order valence-electron chi connectivity index (χ1n) is 12.7. The molecular weight excluding hydrogens is 446 g/mol. The number of nitrogens with zero attached hydrogens (tertiary/aromatic N) is 4. The van der Waals surface area contributed by atoms with Gasteiger partial charge < -0.3 is 14.3 Å². The number of quaternary nitrogens is 1. The van der Waals surface area contributed by atoms with E-state index in [1.807, 2.05) is 30.3 Å². The predicted molar refractivity (Wildman–Crippen MR) is 128 cm³/mol. The van der Waals surface area contributed by atoms with E-state index in [0.29, 0.717) is 16.6 Å². The van der Waals surface area contributed by atoms with Crippen LogP contribution >= 0.6 is 0 Å². The van der Waals surface area contributed by atoms with Gasteiger partial charge in [-0.15, -0.1) is 0 Å². The molecule has 0 radical (unpaired) electrons. The summed E-state index contributed by atoms with van der Waals surface area (Å²) in [6.07, 6.45) is 8.94. The van der Waals surface area contributed by atoms with Gasteiger partial charge >= 0.3 is 5.97 Å². The fourth-order valence-corrected chi connectivity index (χ4v) is 6.31. The number of benzene rings is 1. The third-order valence-electron chi connectivity index (χ3n) is 8.24. The Labute approximate surface area is 205 Å². The zero-order chi connectivity index (χ0) is 24.3. The van der Waals surface area contributed by atoms with Crippen molar-refractivity contribution in [2.24, 2.45) is 11.8 Å². The SMILES string of the molecule is O=C(C[N+]12CCC(CC1)C(OC(=O)[C@](O)(c1ccccc1)C1CCCCC1)C2)Nc1ncncn1. The fraction of sp³-hybridized carbons (Fsp3) is 0.577. The van der Waals surface area contributed by atoms with Crippen molar-refractivity contribution in [3.63, 3.8) is 0 Å². The van der Waals surface area contributed by atoms with E-state index in [1.165, 1.54) is 12.7 Å². The monoisotopic (exact) mass is 480 g/mol. The summed E-state index contributed by atoms with van der Waals surface area (Å²) in [4.78, 5) is 38.2. The minimum Gasteiger partial charge on any atom is -0.454 e. The quantitative estimate of drug-likeness (QED) is 0.462. The van der Waals surface area contributed by atoms with Crippen LogP contribution in [0, 0.1) is 11.8 Å². The molecule has 2 N–H and O–H groups in total. The number of hydrogen-bond donors (Lipinski definition) is 2. The number of aromatic nitrogens is 3. The number of ether oxygens (including phenoxy) is 1. The Hall–Kier alpha value is -2.91. The molecule has 4 fully saturated rings. The molecule has 9 nitrogen and oxygen atoms in total. The number of hydrogen-bond acceptors (Lipinski definition) is 7. The summed E-state index contributed by atoms with van der Waals surface area (Å²) in [6.45, 7) is 2.60. The van der Waals surface area contributed by atoms with Crippen LogP contribution in [0.1, 0.15) is 50.5 Å². The first kappa shape index (κ1) is 23.8. The van der Waals surface area contributed by atoms with Crippen LogP contribution in [0.2, 0.25) is 0 Å². The summed E-state index contributed by atoms with van der Waals surface area (Å²) in [5, 5.41) is 14.6. The first-order chi connectivity index (χ1) is 17.0. The van der Waals surface area contributed by atoms with Crippen molar-refractivity contribution in [1.29, 1.82) is 0 Å². The molecule has 35 heavy (non-hydrogen) atoms. The second kappa shape index (κ2) is 9.99.